The molecule has 0 spiro atoms. The standard InChI is InChI=1S/C22H17N5O/c23-21-16-11-15(28-13-14-5-3-4-10-24-14)8-9-18(16)25-12-17(21)22-26-19-6-1-2-7-20(19)27-22/h1-12H,13H2,(H2,23,25)(H,26,27). The van der Waals surface area contributed by atoms with Gasteiger partial charge in [0.05, 0.1) is 33.5 Å². The lowest BCUT2D eigenvalue weighted by atomic mass is 10.1. The van der Waals surface area contributed by atoms with Gasteiger partial charge in [0.15, 0.2) is 0 Å². The summed E-state index contributed by atoms with van der Waals surface area (Å²) in [5, 5.41) is 0.830. The molecule has 0 aliphatic carbocycles. The van der Waals surface area contributed by atoms with E-state index in [-0.39, 0.29) is 0 Å². The zero-order valence-corrected chi connectivity index (χ0v) is 15.0. The molecule has 0 unspecified atom stereocenters. The highest BCUT2D eigenvalue weighted by molar-refractivity contribution is 5.98. The summed E-state index contributed by atoms with van der Waals surface area (Å²) in [7, 11) is 0. The zero-order valence-electron chi connectivity index (χ0n) is 15.0. The minimum atomic E-state index is 0.392. The molecular weight excluding hydrogens is 350 g/mol. The second kappa shape index (κ2) is 6.66. The minimum Gasteiger partial charge on any atom is -0.487 e. The first-order valence-corrected chi connectivity index (χ1v) is 8.94. The van der Waals surface area contributed by atoms with E-state index in [0.29, 0.717) is 23.9 Å². The van der Waals surface area contributed by atoms with Crippen molar-refractivity contribution in [2.45, 2.75) is 6.61 Å². The maximum Gasteiger partial charge on any atom is 0.142 e. The van der Waals surface area contributed by atoms with E-state index >= 15 is 0 Å². The molecule has 2 aromatic carbocycles. The number of ether oxygens (including phenoxy) is 1. The predicted molar refractivity (Wildman–Crippen MR) is 110 cm³/mol. The van der Waals surface area contributed by atoms with Crippen molar-refractivity contribution in [2.24, 2.45) is 0 Å². The Kier molecular flexibility index (Phi) is 3.87. The van der Waals surface area contributed by atoms with Crippen molar-refractivity contribution in [3.8, 4) is 17.1 Å². The van der Waals surface area contributed by atoms with Crippen molar-refractivity contribution in [2.75, 3.05) is 5.73 Å². The minimum absolute atomic E-state index is 0.392. The summed E-state index contributed by atoms with van der Waals surface area (Å²) in [6, 6.07) is 19.3. The number of pyridine rings is 2. The second-order valence-corrected chi connectivity index (χ2v) is 6.48. The van der Waals surface area contributed by atoms with Gasteiger partial charge in [-0.05, 0) is 42.5 Å². The van der Waals surface area contributed by atoms with E-state index in [1.165, 1.54) is 0 Å². The van der Waals surface area contributed by atoms with E-state index in [0.717, 1.165) is 33.2 Å². The molecule has 0 fully saturated rings. The average molecular weight is 367 g/mol. The fourth-order valence-corrected chi connectivity index (χ4v) is 3.19. The lowest BCUT2D eigenvalue weighted by molar-refractivity contribution is 0.302. The summed E-state index contributed by atoms with van der Waals surface area (Å²) in [4.78, 5) is 16.8. The summed E-state index contributed by atoms with van der Waals surface area (Å²) in [6.45, 7) is 0.392. The van der Waals surface area contributed by atoms with Gasteiger partial charge in [-0.15, -0.1) is 0 Å². The maximum atomic E-state index is 6.48. The molecule has 0 aliphatic rings. The molecule has 0 amide bonds. The highest BCUT2D eigenvalue weighted by atomic mass is 16.5. The molecule has 3 aromatic heterocycles. The van der Waals surface area contributed by atoms with Crippen molar-refractivity contribution < 1.29 is 4.74 Å². The largest absolute Gasteiger partial charge is 0.487 e. The smallest absolute Gasteiger partial charge is 0.142 e. The Morgan fingerprint density at radius 3 is 2.68 bits per heavy atom. The molecule has 0 saturated heterocycles. The molecule has 6 nitrogen and oxygen atoms in total. The number of imidazole rings is 1. The Morgan fingerprint density at radius 1 is 0.929 bits per heavy atom. The Hall–Kier alpha value is -3.93. The summed E-state index contributed by atoms with van der Waals surface area (Å²) in [5.74, 6) is 1.42. The van der Waals surface area contributed by atoms with Gasteiger partial charge in [-0.3, -0.25) is 9.97 Å². The third-order valence-electron chi connectivity index (χ3n) is 4.64. The van der Waals surface area contributed by atoms with Crippen molar-refractivity contribution in [3.05, 3.63) is 78.8 Å². The van der Waals surface area contributed by atoms with Crippen LogP contribution in [0.1, 0.15) is 5.69 Å². The van der Waals surface area contributed by atoms with Gasteiger partial charge in [0, 0.05) is 17.8 Å². The third kappa shape index (κ3) is 2.91. The number of fused-ring (bicyclic) bond motifs is 2. The molecule has 6 heteroatoms. The van der Waals surface area contributed by atoms with Crippen molar-refractivity contribution in [3.63, 3.8) is 0 Å². The van der Waals surface area contributed by atoms with Gasteiger partial charge in [-0.2, -0.15) is 0 Å². The number of nitrogens with two attached hydrogens (primary N) is 1. The van der Waals surface area contributed by atoms with Crippen LogP contribution < -0.4 is 10.5 Å². The van der Waals surface area contributed by atoms with Crippen molar-refractivity contribution >= 4 is 27.6 Å². The topological polar surface area (TPSA) is 89.7 Å². The number of rotatable bonds is 4. The number of para-hydroxylation sites is 2. The van der Waals surface area contributed by atoms with E-state index in [2.05, 4.69) is 19.9 Å². The number of nitrogen functional groups attached to an aromatic ring is 1. The Balaban J connectivity index is 1.52. The highest BCUT2D eigenvalue weighted by Gasteiger charge is 2.12. The van der Waals surface area contributed by atoms with Gasteiger partial charge in [0.25, 0.3) is 0 Å². The van der Waals surface area contributed by atoms with E-state index in [1.54, 1.807) is 12.4 Å². The first-order chi connectivity index (χ1) is 13.8. The number of benzene rings is 2. The number of hydrogen-bond donors (Lipinski definition) is 2. The molecule has 0 bridgehead atoms. The van der Waals surface area contributed by atoms with Gasteiger partial charge < -0.3 is 15.5 Å². The van der Waals surface area contributed by atoms with Gasteiger partial charge >= 0.3 is 0 Å². The first-order valence-electron chi connectivity index (χ1n) is 8.94. The molecular formula is C22H17N5O. The van der Waals surface area contributed by atoms with E-state index in [1.807, 2.05) is 60.7 Å². The van der Waals surface area contributed by atoms with Crippen LogP contribution in [0.2, 0.25) is 0 Å². The van der Waals surface area contributed by atoms with Crippen LogP contribution in [0.4, 0.5) is 5.69 Å². The molecule has 3 heterocycles. The van der Waals surface area contributed by atoms with E-state index in [9.17, 15) is 0 Å². The number of nitrogens with one attached hydrogen (secondary N) is 1. The lowest BCUT2D eigenvalue weighted by Gasteiger charge is -2.10. The van der Waals surface area contributed by atoms with Crippen LogP contribution in [0, 0.1) is 0 Å². The molecule has 5 rings (SSSR count). The molecule has 0 saturated carbocycles. The van der Waals surface area contributed by atoms with Crippen molar-refractivity contribution in [1.82, 2.24) is 19.9 Å². The van der Waals surface area contributed by atoms with E-state index < -0.39 is 0 Å². The number of H-pyrrole nitrogens is 1. The van der Waals surface area contributed by atoms with Gasteiger partial charge in [-0.25, -0.2) is 4.98 Å². The number of hydrogen-bond acceptors (Lipinski definition) is 5. The van der Waals surface area contributed by atoms with Crippen LogP contribution in [0.25, 0.3) is 33.3 Å². The SMILES string of the molecule is Nc1c(-c2nc3ccccc3[nH]2)cnc2ccc(OCc3ccccn3)cc12. The van der Waals surface area contributed by atoms with Gasteiger partial charge in [0.2, 0.25) is 0 Å². The van der Waals surface area contributed by atoms with Crippen LogP contribution >= 0.6 is 0 Å². The van der Waals surface area contributed by atoms with Crippen LogP contribution in [-0.4, -0.2) is 19.9 Å². The Morgan fingerprint density at radius 2 is 1.82 bits per heavy atom. The number of nitrogens with zero attached hydrogens (tertiary/aromatic N) is 3. The molecule has 28 heavy (non-hydrogen) atoms. The third-order valence-corrected chi connectivity index (χ3v) is 4.64. The van der Waals surface area contributed by atoms with Crippen LogP contribution in [0.5, 0.6) is 5.75 Å². The molecule has 0 radical (unpaired) electrons. The van der Waals surface area contributed by atoms with Crippen LogP contribution in [0.3, 0.4) is 0 Å². The quantitative estimate of drug-likeness (QED) is 0.493. The number of aromatic nitrogens is 4. The van der Waals surface area contributed by atoms with Gasteiger partial charge in [0.1, 0.15) is 18.2 Å². The second-order valence-electron chi connectivity index (χ2n) is 6.48. The van der Waals surface area contributed by atoms with Crippen LogP contribution in [0.15, 0.2) is 73.1 Å². The summed E-state index contributed by atoms with van der Waals surface area (Å²) in [6.07, 6.45) is 3.50. The van der Waals surface area contributed by atoms with E-state index in [4.69, 9.17) is 10.5 Å². The fourth-order valence-electron chi connectivity index (χ4n) is 3.19. The maximum absolute atomic E-state index is 6.48. The Bertz CT molecular complexity index is 1250. The van der Waals surface area contributed by atoms with Gasteiger partial charge in [-0.1, -0.05) is 18.2 Å². The predicted octanol–water partition coefficient (Wildman–Crippen LogP) is 4.33. The Labute approximate surface area is 161 Å². The number of anilines is 1. The highest BCUT2D eigenvalue weighted by Crippen LogP contribution is 2.32. The van der Waals surface area contributed by atoms with Crippen molar-refractivity contribution in [1.29, 1.82) is 0 Å². The lowest BCUT2D eigenvalue weighted by Crippen LogP contribution is -1.99. The normalized spacial score (nSPS) is 11.1. The first kappa shape index (κ1) is 16.3. The molecule has 0 atom stereocenters. The molecule has 5 aromatic rings. The molecule has 0 aliphatic heterocycles. The fraction of sp³-hybridized carbons (Fsp3) is 0.0455. The summed E-state index contributed by atoms with van der Waals surface area (Å²) < 4.78 is 5.88. The number of aromatic amines is 1. The average Bonchev–Trinajstić information content (AvgIpc) is 3.17. The molecule has 136 valence electrons. The molecule has 3 N–H and O–H groups in total. The monoisotopic (exact) mass is 367 g/mol. The van der Waals surface area contributed by atoms with Crippen LogP contribution in [-0.2, 0) is 6.61 Å². The zero-order chi connectivity index (χ0) is 18.9. The summed E-state index contributed by atoms with van der Waals surface area (Å²) in [5.41, 5.74) is 11.4. The summed E-state index contributed by atoms with van der Waals surface area (Å²) >= 11 is 0.